The van der Waals surface area contributed by atoms with Crippen LogP contribution in [0.5, 0.6) is 0 Å². The third-order valence-electron chi connectivity index (χ3n) is 6.02. The number of carbonyl (C=O) groups excluding carboxylic acids is 1. The van der Waals surface area contributed by atoms with Crippen molar-refractivity contribution in [3.8, 4) is 0 Å². The molecule has 2 N–H and O–H groups in total. The number of nitrogens with one attached hydrogen (secondary N) is 2. The number of amides is 1. The summed E-state index contributed by atoms with van der Waals surface area (Å²) < 4.78 is 27.6. The minimum Gasteiger partial charge on any atom is -0.348 e. The molecular weight excluding hydrogens is 362 g/mol. The predicted octanol–water partition coefficient (Wildman–Crippen LogP) is 0.640. The lowest BCUT2D eigenvalue weighted by Gasteiger charge is -2.34. The van der Waals surface area contributed by atoms with E-state index in [1.807, 2.05) is 32.9 Å². The molecule has 1 aromatic carbocycles. The summed E-state index contributed by atoms with van der Waals surface area (Å²) in [6.07, 6.45) is 4.55. The lowest BCUT2D eigenvalue weighted by atomic mass is 10.2. The second kappa shape index (κ2) is 8.29. The molecule has 150 valence electrons. The Labute approximate surface area is 163 Å². The first-order valence-corrected chi connectivity index (χ1v) is 11.5. The summed E-state index contributed by atoms with van der Waals surface area (Å²) in [5, 5.41) is 3.16. The first-order valence-electron chi connectivity index (χ1n) is 10.0. The van der Waals surface area contributed by atoms with E-state index in [2.05, 4.69) is 5.32 Å². The van der Waals surface area contributed by atoms with Gasteiger partial charge in [0.05, 0.1) is 31.1 Å². The van der Waals surface area contributed by atoms with Crippen LogP contribution in [0.4, 0.5) is 0 Å². The van der Waals surface area contributed by atoms with Gasteiger partial charge in [0.25, 0.3) is 5.91 Å². The summed E-state index contributed by atoms with van der Waals surface area (Å²) in [6, 6.07) is 5.64. The van der Waals surface area contributed by atoms with E-state index in [0.717, 1.165) is 28.9 Å². The molecule has 1 atom stereocenters. The van der Waals surface area contributed by atoms with E-state index >= 15 is 0 Å². The first kappa shape index (κ1) is 20.3. The number of hydrogen-bond acceptors (Lipinski definition) is 3. The number of carbonyl (C=O) groups is 1. The van der Waals surface area contributed by atoms with Crippen molar-refractivity contribution in [3.05, 3.63) is 29.3 Å². The van der Waals surface area contributed by atoms with E-state index in [1.165, 1.54) is 12.8 Å². The van der Waals surface area contributed by atoms with Crippen LogP contribution in [0.25, 0.3) is 0 Å². The van der Waals surface area contributed by atoms with Crippen LogP contribution in [-0.2, 0) is 14.8 Å². The molecule has 0 radical (unpaired) electrons. The zero-order chi connectivity index (χ0) is 19.6. The van der Waals surface area contributed by atoms with E-state index in [-0.39, 0.29) is 11.9 Å². The molecule has 2 fully saturated rings. The maximum atomic E-state index is 13.0. The van der Waals surface area contributed by atoms with Crippen molar-refractivity contribution in [1.29, 1.82) is 0 Å². The topological polar surface area (TPSA) is 70.9 Å². The van der Waals surface area contributed by atoms with Gasteiger partial charge >= 0.3 is 0 Å². The number of quaternary nitrogens is 1. The third-order valence-corrected chi connectivity index (χ3v) is 8.08. The molecule has 1 amide bonds. The van der Waals surface area contributed by atoms with E-state index in [9.17, 15) is 13.2 Å². The Morgan fingerprint density at radius 1 is 1.19 bits per heavy atom. The number of piperazine rings is 1. The first-order chi connectivity index (χ1) is 12.8. The fourth-order valence-corrected chi connectivity index (χ4v) is 5.90. The second-order valence-corrected chi connectivity index (χ2v) is 9.95. The van der Waals surface area contributed by atoms with Gasteiger partial charge in [-0.25, -0.2) is 8.42 Å². The quantitative estimate of drug-likeness (QED) is 0.770. The summed E-state index contributed by atoms with van der Waals surface area (Å²) >= 11 is 0. The van der Waals surface area contributed by atoms with Crippen molar-refractivity contribution in [2.45, 2.75) is 63.4 Å². The summed E-state index contributed by atoms with van der Waals surface area (Å²) in [5.41, 5.74) is 1.84. The lowest BCUT2D eigenvalue weighted by Crippen LogP contribution is -3.19. The number of aryl methyl sites for hydroxylation is 2. The van der Waals surface area contributed by atoms with Gasteiger partial charge in [-0.05, 0) is 45.2 Å². The zero-order valence-electron chi connectivity index (χ0n) is 16.6. The highest BCUT2D eigenvalue weighted by molar-refractivity contribution is 7.89. The Bertz CT molecular complexity index is 780. The van der Waals surface area contributed by atoms with Gasteiger partial charge in [0.15, 0.2) is 6.04 Å². The van der Waals surface area contributed by atoms with E-state index in [0.29, 0.717) is 37.1 Å². The van der Waals surface area contributed by atoms with Gasteiger partial charge in [0, 0.05) is 6.04 Å². The van der Waals surface area contributed by atoms with Crippen LogP contribution < -0.4 is 10.2 Å². The molecule has 6 nitrogen and oxygen atoms in total. The van der Waals surface area contributed by atoms with Gasteiger partial charge in [-0.15, -0.1) is 0 Å². The second-order valence-electron chi connectivity index (χ2n) is 8.04. The number of hydrogen-bond donors (Lipinski definition) is 2. The SMILES string of the molecule is Cc1ccc(S(=O)(=O)N2CC[NH+]([C@H](C)C(=O)NC3CCCC3)CC2)c(C)c1. The van der Waals surface area contributed by atoms with Gasteiger partial charge < -0.3 is 10.2 Å². The summed E-state index contributed by atoms with van der Waals surface area (Å²) in [4.78, 5) is 14.1. The maximum Gasteiger partial charge on any atom is 0.278 e. The number of nitrogens with zero attached hydrogens (tertiary/aromatic N) is 1. The van der Waals surface area contributed by atoms with Crippen molar-refractivity contribution in [2.75, 3.05) is 26.2 Å². The van der Waals surface area contributed by atoms with Crippen LogP contribution in [-0.4, -0.2) is 56.9 Å². The van der Waals surface area contributed by atoms with Crippen molar-refractivity contribution in [3.63, 3.8) is 0 Å². The zero-order valence-corrected chi connectivity index (χ0v) is 17.4. The van der Waals surface area contributed by atoms with Crippen LogP contribution >= 0.6 is 0 Å². The van der Waals surface area contributed by atoms with Crippen molar-refractivity contribution >= 4 is 15.9 Å². The van der Waals surface area contributed by atoms with E-state index in [1.54, 1.807) is 10.4 Å². The van der Waals surface area contributed by atoms with E-state index < -0.39 is 10.0 Å². The molecular formula is C20H32N3O3S+. The molecule has 0 aromatic heterocycles. The number of benzene rings is 1. The Hall–Kier alpha value is -1.44. The molecule has 1 aliphatic carbocycles. The van der Waals surface area contributed by atoms with Gasteiger partial charge in [0.2, 0.25) is 10.0 Å². The van der Waals surface area contributed by atoms with Crippen molar-refractivity contribution < 1.29 is 18.1 Å². The van der Waals surface area contributed by atoms with Gasteiger partial charge in [-0.2, -0.15) is 4.31 Å². The van der Waals surface area contributed by atoms with E-state index in [4.69, 9.17) is 0 Å². The largest absolute Gasteiger partial charge is 0.348 e. The third kappa shape index (κ3) is 4.52. The normalized spacial score (nSPS) is 21.3. The highest BCUT2D eigenvalue weighted by Crippen LogP contribution is 2.21. The Balaban J connectivity index is 1.59. The molecule has 0 unspecified atom stereocenters. The van der Waals surface area contributed by atoms with Crippen LogP contribution in [0, 0.1) is 13.8 Å². The highest BCUT2D eigenvalue weighted by Gasteiger charge is 2.35. The van der Waals surface area contributed by atoms with Crippen molar-refractivity contribution in [1.82, 2.24) is 9.62 Å². The smallest absolute Gasteiger partial charge is 0.278 e. The maximum absolute atomic E-state index is 13.0. The average Bonchev–Trinajstić information content (AvgIpc) is 3.14. The minimum atomic E-state index is -3.48. The van der Waals surface area contributed by atoms with Gasteiger partial charge in [0.1, 0.15) is 0 Å². The molecule has 1 saturated heterocycles. The number of sulfonamides is 1. The molecule has 1 aromatic rings. The Morgan fingerprint density at radius 3 is 2.41 bits per heavy atom. The fraction of sp³-hybridized carbons (Fsp3) is 0.650. The molecule has 2 aliphatic rings. The fourth-order valence-electron chi connectivity index (χ4n) is 4.26. The molecule has 0 spiro atoms. The van der Waals surface area contributed by atoms with Crippen LogP contribution in [0.2, 0.25) is 0 Å². The van der Waals surface area contributed by atoms with Gasteiger partial charge in [-0.3, -0.25) is 4.79 Å². The van der Waals surface area contributed by atoms with Crippen LogP contribution in [0.3, 0.4) is 0 Å². The monoisotopic (exact) mass is 394 g/mol. The summed E-state index contributed by atoms with van der Waals surface area (Å²) in [5.74, 6) is 0.0996. The van der Waals surface area contributed by atoms with Crippen LogP contribution in [0.15, 0.2) is 23.1 Å². The highest BCUT2D eigenvalue weighted by atomic mass is 32.2. The molecule has 27 heavy (non-hydrogen) atoms. The Kier molecular flexibility index (Phi) is 6.23. The molecule has 7 heteroatoms. The molecule has 1 saturated carbocycles. The predicted molar refractivity (Wildman–Crippen MR) is 105 cm³/mol. The molecule has 1 aliphatic heterocycles. The summed E-state index contributed by atoms with van der Waals surface area (Å²) in [6.45, 7) is 7.97. The Morgan fingerprint density at radius 2 is 1.81 bits per heavy atom. The molecule has 0 bridgehead atoms. The average molecular weight is 395 g/mol. The lowest BCUT2D eigenvalue weighted by molar-refractivity contribution is -0.917. The summed E-state index contributed by atoms with van der Waals surface area (Å²) in [7, 11) is -3.48. The number of rotatable bonds is 5. The van der Waals surface area contributed by atoms with Gasteiger partial charge in [-0.1, -0.05) is 30.5 Å². The van der Waals surface area contributed by atoms with Crippen molar-refractivity contribution in [2.24, 2.45) is 0 Å². The standard InChI is InChI=1S/C20H31N3O3S/c1-15-8-9-19(16(2)14-15)27(25,26)23-12-10-22(11-13-23)17(3)20(24)21-18-6-4-5-7-18/h8-9,14,17-18H,4-7,10-13H2,1-3H3,(H,21,24)/p+1/t17-/m1/s1. The van der Waals surface area contributed by atoms with Crippen LogP contribution in [0.1, 0.15) is 43.7 Å². The molecule has 3 rings (SSSR count). The molecule has 1 heterocycles. The minimum absolute atomic E-state index is 0.0996.